The number of methoxy groups -OCH3 is 1. The van der Waals surface area contributed by atoms with Gasteiger partial charge in [0.25, 0.3) is 0 Å². The highest BCUT2D eigenvalue weighted by Gasteiger charge is 2.03. The van der Waals surface area contributed by atoms with Crippen molar-refractivity contribution in [1.82, 2.24) is 5.32 Å². The van der Waals surface area contributed by atoms with Gasteiger partial charge in [0.05, 0.1) is 6.61 Å². The summed E-state index contributed by atoms with van der Waals surface area (Å²) < 4.78 is 5.02. The average molecular weight is 221 g/mol. The third-order valence-corrected chi connectivity index (χ3v) is 2.78. The topological polar surface area (TPSA) is 21.3 Å². The number of hydrogen-bond donors (Lipinski definition) is 1. The van der Waals surface area contributed by atoms with Gasteiger partial charge >= 0.3 is 0 Å². The SMILES string of the molecule is CCCc1ccc(C(C)NCCOC)cc1. The predicted octanol–water partition coefficient (Wildman–Crippen LogP) is 2.94. The molecule has 16 heavy (non-hydrogen) atoms. The maximum absolute atomic E-state index is 5.02. The van der Waals surface area contributed by atoms with Crippen molar-refractivity contribution >= 4 is 0 Å². The molecule has 0 aliphatic carbocycles. The lowest BCUT2D eigenvalue weighted by atomic mass is 10.0. The molecule has 1 rings (SSSR count). The van der Waals surface area contributed by atoms with Crippen molar-refractivity contribution in [1.29, 1.82) is 0 Å². The second-order valence-corrected chi connectivity index (χ2v) is 4.16. The second-order valence-electron chi connectivity index (χ2n) is 4.16. The molecule has 0 spiro atoms. The molecule has 0 aliphatic heterocycles. The Bertz CT molecular complexity index is 281. The van der Waals surface area contributed by atoms with Gasteiger partial charge in [-0.2, -0.15) is 0 Å². The molecule has 0 saturated carbocycles. The summed E-state index contributed by atoms with van der Waals surface area (Å²) >= 11 is 0. The van der Waals surface area contributed by atoms with Crippen LogP contribution in [-0.2, 0) is 11.2 Å². The molecule has 1 aromatic rings. The predicted molar refractivity (Wildman–Crippen MR) is 68.7 cm³/mol. The van der Waals surface area contributed by atoms with Crippen molar-refractivity contribution in [3.8, 4) is 0 Å². The molecule has 1 unspecified atom stereocenters. The standard InChI is InChI=1S/C14H23NO/c1-4-5-13-6-8-14(9-7-13)12(2)15-10-11-16-3/h6-9,12,15H,4-5,10-11H2,1-3H3. The summed E-state index contributed by atoms with van der Waals surface area (Å²) in [5.74, 6) is 0. The van der Waals surface area contributed by atoms with Gasteiger partial charge in [-0.3, -0.25) is 0 Å². The fourth-order valence-electron chi connectivity index (χ4n) is 1.76. The number of aryl methyl sites for hydroxylation is 1. The Morgan fingerprint density at radius 2 is 1.94 bits per heavy atom. The van der Waals surface area contributed by atoms with E-state index in [0.29, 0.717) is 6.04 Å². The molecular formula is C14H23NO. The van der Waals surface area contributed by atoms with E-state index >= 15 is 0 Å². The molecular weight excluding hydrogens is 198 g/mol. The van der Waals surface area contributed by atoms with Gasteiger partial charge in [0.1, 0.15) is 0 Å². The van der Waals surface area contributed by atoms with Crippen molar-refractivity contribution in [2.45, 2.75) is 32.7 Å². The highest BCUT2D eigenvalue weighted by atomic mass is 16.5. The van der Waals surface area contributed by atoms with Crippen molar-refractivity contribution in [3.05, 3.63) is 35.4 Å². The Kier molecular flexibility index (Phi) is 6.12. The third kappa shape index (κ3) is 4.33. The summed E-state index contributed by atoms with van der Waals surface area (Å²) in [6.07, 6.45) is 2.38. The van der Waals surface area contributed by atoms with Crippen LogP contribution in [0, 0.1) is 0 Å². The van der Waals surface area contributed by atoms with Crippen molar-refractivity contribution < 1.29 is 4.74 Å². The van der Waals surface area contributed by atoms with Crippen LogP contribution in [0.25, 0.3) is 0 Å². The fourth-order valence-corrected chi connectivity index (χ4v) is 1.76. The van der Waals surface area contributed by atoms with Gasteiger partial charge in [0, 0.05) is 19.7 Å². The number of nitrogens with one attached hydrogen (secondary N) is 1. The minimum Gasteiger partial charge on any atom is -0.383 e. The number of benzene rings is 1. The maximum Gasteiger partial charge on any atom is 0.0587 e. The largest absolute Gasteiger partial charge is 0.383 e. The first-order chi connectivity index (χ1) is 7.77. The van der Waals surface area contributed by atoms with Crippen molar-refractivity contribution in [2.24, 2.45) is 0 Å². The van der Waals surface area contributed by atoms with Crippen LogP contribution in [0.1, 0.15) is 37.4 Å². The highest BCUT2D eigenvalue weighted by molar-refractivity contribution is 5.24. The summed E-state index contributed by atoms with van der Waals surface area (Å²) in [4.78, 5) is 0. The number of hydrogen-bond acceptors (Lipinski definition) is 2. The molecule has 0 radical (unpaired) electrons. The van der Waals surface area contributed by atoms with Crippen LogP contribution >= 0.6 is 0 Å². The van der Waals surface area contributed by atoms with E-state index in [1.165, 1.54) is 24.0 Å². The zero-order chi connectivity index (χ0) is 11.8. The molecule has 90 valence electrons. The lowest BCUT2D eigenvalue weighted by molar-refractivity contribution is 0.196. The van der Waals surface area contributed by atoms with E-state index in [4.69, 9.17) is 4.74 Å². The molecule has 0 aliphatic rings. The van der Waals surface area contributed by atoms with Crippen LogP contribution in [0.4, 0.5) is 0 Å². The first-order valence-electron chi connectivity index (χ1n) is 6.09. The minimum absolute atomic E-state index is 0.394. The molecule has 1 atom stereocenters. The normalized spacial score (nSPS) is 12.7. The molecule has 0 aromatic heterocycles. The Morgan fingerprint density at radius 3 is 2.50 bits per heavy atom. The highest BCUT2D eigenvalue weighted by Crippen LogP contribution is 2.13. The molecule has 2 nitrogen and oxygen atoms in total. The molecule has 1 N–H and O–H groups in total. The first kappa shape index (κ1) is 13.2. The van der Waals surface area contributed by atoms with Gasteiger partial charge in [-0.05, 0) is 24.5 Å². The molecule has 0 amide bonds. The monoisotopic (exact) mass is 221 g/mol. The Hall–Kier alpha value is -0.860. The molecule has 2 heteroatoms. The number of ether oxygens (including phenoxy) is 1. The van der Waals surface area contributed by atoms with Gasteiger partial charge in [0.2, 0.25) is 0 Å². The van der Waals surface area contributed by atoms with Crippen LogP contribution < -0.4 is 5.32 Å². The van der Waals surface area contributed by atoms with Gasteiger partial charge in [-0.25, -0.2) is 0 Å². The second kappa shape index (κ2) is 7.42. The quantitative estimate of drug-likeness (QED) is 0.715. The summed E-state index contributed by atoms with van der Waals surface area (Å²) in [5, 5.41) is 3.43. The zero-order valence-corrected chi connectivity index (χ0v) is 10.6. The third-order valence-electron chi connectivity index (χ3n) is 2.78. The molecule has 0 fully saturated rings. The van der Waals surface area contributed by atoms with Gasteiger partial charge in [0.15, 0.2) is 0 Å². The Morgan fingerprint density at radius 1 is 1.25 bits per heavy atom. The van der Waals surface area contributed by atoms with E-state index in [1.807, 2.05) is 0 Å². The molecule has 0 bridgehead atoms. The summed E-state index contributed by atoms with van der Waals surface area (Å²) in [7, 11) is 1.73. The summed E-state index contributed by atoms with van der Waals surface area (Å²) in [6, 6.07) is 9.29. The lowest BCUT2D eigenvalue weighted by Gasteiger charge is -2.14. The zero-order valence-electron chi connectivity index (χ0n) is 10.6. The Balaban J connectivity index is 2.46. The Labute approximate surface area is 99.0 Å². The van der Waals surface area contributed by atoms with Crippen LogP contribution in [0.3, 0.4) is 0 Å². The fraction of sp³-hybridized carbons (Fsp3) is 0.571. The van der Waals surface area contributed by atoms with Gasteiger partial charge < -0.3 is 10.1 Å². The smallest absolute Gasteiger partial charge is 0.0587 e. The van der Waals surface area contributed by atoms with E-state index in [0.717, 1.165) is 13.2 Å². The van der Waals surface area contributed by atoms with Gasteiger partial charge in [-0.1, -0.05) is 37.6 Å². The van der Waals surface area contributed by atoms with Crippen LogP contribution in [-0.4, -0.2) is 20.3 Å². The molecule has 0 heterocycles. The van der Waals surface area contributed by atoms with Crippen LogP contribution in [0.5, 0.6) is 0 Å². The minimum atomic E-state index is 0.394. The van der Waals surface area contributed by atoms with E-state index < -0.39 is 0 Å². The van der Waals surface area contributed by atoms with Crippen LogP contribution in [0.2, 0.25) is 0 Å². The molecule has 0 saturated heterocycles. The maximum atomic E-state index is 5.02. The van der Waals surface area contributed by atoms with E-state index in [-0.39, 0.29) is 0 Å². The van der Waals surface area contributed by atoms with Gasteiger partial charge in [-0.15, -0.1) is 0 Å². The van der Waals surface area contributed by atoms with Crippen molar-refractivity contribution in [2.75, 3.05) is 20.3 Å². The van der Waals surface area contributed by atoms with Crippen LogP contribution in [0.15, 0.2) is 24.3 Å². The average Bonchev–Trinajstić information content (AvgIpc) is 2.30. The van der Waals surface area contributed by atoms with E-state index in [9.17, 15) is 0 Å². The first-order valence-corrected chi connectivity index (χ1v) is 6.09. The van der Waals surface area contributed by atoms with E-state index in [2.05, 4.69) is 43.4 Å². The molecule has 1 aromatic carbocycles. The van der Waals surface area contributed by atoms with Crippen molar-refractivity contribution in [3.63, 3.8) is 0 Å². The lowest BCUT2D eigenvalue weighted by Crippen LogP contribution is -2.22. The number of rotatable bonds is 7. The summed E-state index contributed by atoms with van der Waals surface area (Å²) in [5.41, 5.74) is 2.77. The summed E-state index contributed by atoms with van der Waals surface area (Å²) in [6.45, 7) is 6.06. The van der Waals surface area contributed by atoms with E-state index in [1.54, 1.807) is 7.11 Å².